The van der Waals surface area contributed by atoms with E-state index in [9.17, 15) is 0 Å². The third-order valence-electron chi connectivity index (χ3n) is 5.21. The number of nitrogens with zero attached hydrogens (tertiary/aromatic N) is 1. The van der Waals surface area contributed by atoms with Crippen molar-refractivity contribution in [2.45, 2.75) is 38.0 Å². The van der Waals surface area contributed by atoms with Crippen molar-refractivity contribution in [2.24, 2.45) is 0 Å². The van der Waals surface area contributed by atoms with E-state index < -0.39 is 0 Å². The fourth-order valence-corrected chi connectivity index (χ4v) is 3.95. The van der Waals surface area contributed by atoms with Crippen LogP contribution in [0, 0.1) is 0 Å². The van der Waals surface area contributed by atoms with Gasteiger partial charge >= 0.3 is 0 Å². The Kier molecular flexibility index (Phi) is 4.54. The van der Waals surface area contributed by atoms with E-state index in [-0.39, 0.29) is 6.10 Å². The molecule has 0 saturated carbocycles. The fourth-order valence-electron chi connectivity index (χ4n) is 3.95. The lowest BCUT2D eigenvalue weighted by Gasteiger charge is -2.20. The molecular weight excluding hydrogens is 298 g/mol. The Morgan fingerprint density at radius 3 is 2.79 bits per heavy atom. The number of aryl methyl sites for hydroxylation is 1. The molecule has 24 heavy (non-hydrogen) atoms. The van der Waals surface area contributed by atoms with E-state index in [0.29, 0.717) is 6.10 Å². The molecule has 3 heteroatoms. The molecule has 0 radical (unpaired) electrons. The zero-order valence-corrected chi connectivity index (χ0v) is 14.3. The van der Waals surface area contributed by atoms with Gasteiger partial charge in [-0.25, -0.2) is 0 Å². The van der Waals surface area contributed by atoms with Gasteiger partial charge in [-0.05, 0) is 48.1 Å². The van der Waals surface area contributed by atoms with Crippen LogP contribution in [-0.2, 0) is 17.7 Å². The molecule has 2 aromatic carbocycles. The van der Waals surface area contributed by atoms with E-state index in [4.69, 9.17) is 9.47 Å². The highest BCUT2D eigenvalue weighted by atomic mass is 16.5. The second-order valence-corrected chi connectivity index (χ2v) is 6.86. The molecule has 3 nitrogen and oxygen atoms in total. The van der Waals surface area contributed by atoms with Crippen LogP contribution in [0.1, 0.15) is 35.6 Å². The molecular formula is C21H25NO2. The lowest BCUT2D eigenvalue weighted by Crippen LogP contribution is -2.23. The Hall–Kier alpha value is -1.84. The smallest absolute Gasteiger partial charge is 0.119 e. The van der Waals surface area contributed by atoms with E-state index >= 15 is 0 Å². The second kappa shape index (κ2) is 6.96. The molecule has 1 aliphatic carbocycles. The Balaban J connectivity index is 1.35. The molecule has 2 aliphatic rings. The maximum Gasteiger partial charge on any atom is 0.119 e. The maximum absolute atomic E-state index is 6.46. The van der Waals surface area contributed by atoms with Crippen LogP contribution in [-0.4, -0.2) is 31.2 Å². The Morgan fingerprint density at radius 2 is 1.96 bits per heavy atom. The highest BCUT2D eigenvalue weighted by Gasteiger charge is 2.30. The zero-order chi connectivity index (χ0) is 16.4. The molecule has 1 heterocycles. The van der Waals surface area contributed by atoms with Crippen LogP contribution in [0.25, 0.3) is 0 Å². The van der Waals surface area contributed by atoms with Crippen molar-refractivity contribution in [1.82, 2.24) is 4.90 Å². The number of rotatable bonds is 5. The largest absolute Gasteiger partial charge is 0.497 e. The van der Waals surface area contributed by atoms with Crippen molar-refractivity contribution in [2.75, 3.05) is 20.2 Å². The fraction of sp³-hybridized carbons (Fsp3) is 0.429. The van der Waals surface area contributed by atoms with E-state index in [1.54, 1.807) is 7.11 Å². The molecule has 4 rings (SSSR count). The zero-order valence-electron chi connectivity index (χ0n) is 14.3. The minimum atomic E-state index is 0.257. The van der Waals surface area contributed by atoms with Crippen molar-refractivity contribution in [3.63, 3.8) is 0 Å². The summed E-state index contributed by atoms with van der Waals surface area (Å²) in [4.78, 5) is 2.50. The molecule has 126 valence electrons. The SMILES string of the molecule is COc1ccc2c(c1)CCC2OC1CCN(Cc2ccccc2)C1. The summed E-state index contributed by atoms with van der Waals surface area (Å²) in [5, 5.41) is 0. The van der Waals surface area contributed by atoms with Crippen LogP contribution in [0.5, 0.6) is 5.75 Å². The van der Waals surface area contributed by atoms with Gasteiger partial charge in [-0.15, -0.1) is 0 Å². The van der Waals surface area contributed by atoms with E-state index in [2.05, 4.69) is 53.4 Å². The van der Waals surface area contributed by atoms with Crippen LogP contribution in [0.2, 0.25) is 0 Å². The van der Waals surface area contributed by atoms with Crippen molar-refractivity contribution in [3.05, 3.63) is 65.2 Å². The molecule has 2 aromatic rings. The molecule has 0 bridgehead atoms. The van der Waals surface area contributed by atoms with Crippen molar-refractivity contribution in [1.29, 1.82) is 0 Å². The number of likely N-dealkylation sites (tertiary alicyclic amines) is 1. The lowest BCUT2D eigenvalue weighted by molar-refractivity contribution is -0.00681. The number of ether oxygens (including phenoxy) is 2. The number of hydrogen-bond acceptors (Lipinski definition) is 3. The normalized spacial score (nSPS) is 23.4. The van der Waals surface area contributed by atoms with Gasteiger partial charge in [0.25, 0.3) is 0 Å². The standard InChI is InChI=1S/C21H25NO2/c1-23-18-8-9-20-17(13-18)7-10-21(20)24-19-11-12-22(15-19)14-16-5-3-2-4-6-16/h2-6,8-9,13,19,21H,7,10-12,14-15H2,1H3. The molecule has 0 amide bonds. The first-order valence-corrected chi connectivity index (χ1v) is 8.90. The average molecular weight is 323 g/mol. The van der Waals surface area contributed by atoms with Gasteiger partial charge in [-0.2, -0.15) is 0 Å². The third-order valence-corrected chi connectivity index (χ3v) is 5.21. The Bertz CT molecular complexity index is 685. The molecule has 1 fully saturated rings. The van der Waals surface area contributed by atoms with Crippen LogP contribution in [0.3, 0.4) is 0 Å². The molecule has 1 aliphatic heterocycles. The molecule has 2 atom stereocenters. The van der Waals surface area contributed by atoms with E-state index in [1.807, 2.05) is 0 Å². The summed E-state index contributed by atoms with van der Waals surface area (Å²) < 4.78 is 11.8. The van der Waals surface area contributed by atoms with Crippen LogP contribution in [0.15, 0.2) is 48.5 Å². The Morgan fingerprint density at radius 1 is 1.08 bits per heavy atom. The highest BCUT2D eigenvalue weighted by molar-refractivity contribution is 5.40. The maximum atomic E-state index is 6.46. The summed E-state index contributed by atoms with van der Waals surface area (Å²) in [5.41, 5.74) is 4.13. The minimum Gasteiger partial charge on any atom is -0.497 e. The first kappa shape index (κ1) is 15.7. The Labute approximate surface area is 144 Å². The van der Waals surface area contributed by atoms with Crippen LogP contribution >= 0.6 is 0 Å². The minimum absolute atomic E-state index is 0.257. The number of fused-ring (bicyclic) bond motifs is 1. The first-order valence-electron chi connectivity index (χ1n) is 8.90. The van der Waals surface area contributed by atoms with Crippen molar-refractivity contribution >= 4 is 0 Å². The average Bonchev–Trinajstić information content (AvgIpc) is 3.23. The predicted octanol–water partition coefficient (Wildman–Crippen LogP) is 3.97. The molecule has 0 N–H and O–H groups in total. The van der Waals surface area contributed by atoms with Gasteiger partial charge in [0.05, 0.1) is 19.3 Å². The van der Waals surface area contributed by atoms with Crippen molar-refractivity contribution in [3.8, 4) is 5.75 Å². The first-order chi connectivity index (χ1) is 11.8. The molecule has 0 spiro atoms. The van der Waals surface area contributed by atoms with Gasteiger partial charge in [0.2, 0.25) is 0 Å². The summed E-state index contributed by atoms with van der Waals surface area (Å²) in [6, 6.07) is 17.1. The molecule has 0 aromatic heterocycles. The van der Waals surface area contributed by atoms with Gasteiger partial charge in [0.1, 0.15) is 5.75 Å². The van der Waals surface area contributed by atoms with Crippen LogP contribution in [0.4, 0.5) is 0 Å². The summed E-state index contributed by atoms with van der Waals surface area (Å²) in [6.45, 7) is 3.19. The summed E-state index contributed by atoms with van der Waals surface area (Å²) in [5.74, 6) is 0.948. The quantitative estimate of drug-likeness (QED) is 0.831. The summed E-state index contributed by atoms with van der Waals surface area (Å²) >= 11 is 0. The summed E-state index contributed by atoms with van der Waals surface area (Å²) in [6.07, 6.45) is 3.93. The molecule has 2 unspecified atom stereocenters. The van der Waals surface area contributed by atoms with Gasteiger partial charge < -0.3 is 9.47 Å². The third kappa shape index (κ3) is 3.33. The second-order valence-electron chi connectivity index (χ2n) is 6.86. The van der Waals surface area contributed by atoms with Gasteiger partial charge in [0, 0.05) is 19.6 Å². The topological polar surface area (TPSA) is 21.7 Å². The van der Waals surface area contributed by atoms with Gasteiger partial charge in [0.15, 0.2) is 0 Å². The number of hydrogen-bond donors (Lipinski definition) is 0. The lowest BCUT2D eigenvalue weighted by atomic mass is 10.1. The van der Waals surface area contributed by atoms with Crippen LogP contribution < -0.4 is 4.74 Å². The monoisotopic (exact) mass is 323 g/mol. The van der Waals surface area contributed by atoms with Gasteiger partial charge in [-0.3, -0.25) is 4.90 Å². The van der Waals surface area contributed by atoms with Gasteiger partial charge in [-0.1, -0.05) is 36.4 Å². The van der Waals surface area contributed by atoms with Crippen molar-refractivity contribution < 1.29 is 9.47 Å². The number of benzene rings is 2. The van der Waals surface area contributed by atoms with E-state index in [1.165, 1.54) is 16.7 Å². The molecule has 1 saturated heterocycles. The number of methoxy groups -OCH3 is 1. The predicted molar refractivity (Wildman–Crippen MR) is 95.3 cm³/mol. The highest BCUT2D eigenvalue weighted by Crippen LogP contribution is 2.37. The van der Waals surface area contributed by atoms with E-state index in [0.717, 1.165) is 44.6 Å². The summed E-state index contributed by atoms with van der Waals surface area (Å²) in [7, 11) is 1.73.